The van der Waals surface area contributed by atoms with Gasteiger partial charge in [0.2, 0.25) is 0 Å². The first-order valence-corrected chi connectivity index (χ1v) is 4.04. The zero-order valence-electron chi connectivity index (χ0n) is 7.33. The Labute approximate surface area is 76.7 Å². The molecule has 0 spiro atoms. The lowest BCUT2D eigenvalue weighted by atomic mass is 10.2. The molecule has 13 heavy (non-hydrogen) atoms. The molecule has 0 radical (unpaired) electrons. The van der Waals surface area contributed by atoms with Gasteiger partial charge >= 0.3 is 0 Å². The van der Waals surface area contributed by atoms with Crippen LogP contribution in [0.4, 0.5) is 0 Å². The van der Waals surface area contributed by atoms with Crippen LogP contribution in [0.15, 0.2) is 6.20 Å². The fourth-order valence-electron chi connectivity index (χ4n) is 1.27. The second-order valence-corrected chi connectivity index (χ2v) is 2.76. The van der Waals surface area contributed by atoms with Crippen LogP contribution in [0.25, 0.3) is 0 Å². The molecule has 0 bridgehead atoms. The van der Waals surface area contributed by atoms with Crippen molar-refractivity contribution in [1.29, 1.82) is 0 Å². The summed E-state index contributed by atoms with van der Waals surface area (Å²) < 4.78 is 10.8. The zero-order valence-corrected chi connectivity index (χ0v) is 7.33. The molecular formula is C10H9NO2. The van der Waals surface area contributed by atoms with Gasteiger partial charge in [-0.05, 0) is 6.92 Å². The summed E-state index contributed by atoms with van der Waals surface area (Å²) in [6.45, 7) is 2.97. The van der Waals surface area contributed by atoms with Crippen molar-refractivity contribution in [3.8, 4) is 23.8 Å². The molecule has 0 saturated heterocycles. The number of ether oxygens (including phenoxy) is 2. The third-order valence-corrected chi connectivity index (χ3v) is 1.90. The summed E-state index contributed by atoms with van der Waals surface area (Å²) in [4.78, 5) is 4.12. The van der Waals surface area contributed by atoms with Crippen molar-refractivity contribution >= 4 is 0 Å². The van der Waals surface area contributed by atoms with Crippen molar-refractivity contribution in [3.05, 3.63) is 17.5 Å². The Morgan fingerprint density at radius 3 is 2.77 bits per heavy atom. The number of hydrogen-bond acceptors (Lipinski definition) is 3. The number of rotatable bonds is 0. The van der Waals surface area contributed by atoms with E-state index in [9.17, 15) is 0 Å². The minimum atomic E-state index is 0.547. The first kappa shape index (κ1) is 7.93. The maximum Gasteiger partial charge on any atom is 0.183 e. The van der Waals surface area contributed by atoms with Gasteiger partial charge in [0, 0.05) is 6.20 Å². The fourth-order valence-corrected chi connectivity index (χ4v) is 1.27. The number of aromatic nitrogens is 1. The maximum atomic E-state index is 5.42. The summed E-state index contributed by atoms with van der Waals surface area (Å²) in [6.07, 6.45) is 6.93. The van der Waals surface area contributed by atoms with Crippen LogP contribution >= 0.6 is 0 Å². The monoisotopic (exact) mass is 175 g/mol. The van der Waals surface area contributed by atoms with E-state index >= 15 is 0 Å². The van der Waals surface area contributed by atoms with Crippen molar-refractivity contribution in [2.45, 2.75) is 6.92 Å². The zero-order chi connectivity index (χ0) is 9.26. The van der Waals surface area contributed by atoms with Crippen LogP contribution in [0.5, 0.6) is 11.5 Å². The summed E-state index contributed by atoms with van der Waals surface area (Å²) in [6, 6.07) is 0. The molecule has 0 amide bonds. The number of aryl methyl sites for hydroxylation is 1. The number of fused-ring (bicyclic) bond motifs is 1. The van der Waals surface area contributed by atoms with Gasteiger partial charge < -0.3 is 9.47 Å². The molecular weight excluding hydrogens is 166 g/mol. The number of hydrogen-bond donors (Lipinski definition) is 0. The molecule has 0 saturated carbocycles. The quantitative estimate of drug-likeness (QED) is 0.554. The Balaban J connectivity index is 2.61. The highest BCUT2D eigenvalue weighted by molar-refractivity contribution is 5.54. The fraction of sp³-hybridized carbons (Fsp3) is 0.300. The van der Waals surface area contributed by atoms with Crippen molar-refractivity contribution in [1.82, 2.24) is 4.98 Å². The summed E-state index contributed by atoms with van der Waals surface area (Å²) in [5.41, 5.74) is 1.47. The Morgan fingerprint density at radius 2 is 2.08 bits per heavy atom. The van der Waals surface area contributed by atoms with Crippen LogP contribution in [0, 0.1) is 19.3 Å². The van der Waals surface area contributed by atoms with Crippen molar-refractivity contribution in [2.75, 3.05) is 13.2 Å². The van der Waals surface area contributed by atoms with Gasteiger partial charge in [-0.15, -0.1) is 6.42 Å². The molecule has 0 unspecified atom stereocenters. The molecule has 1 aliphatic rings. The molecule has 3 nitrogen and oxygen atoms in total. The summed E-state index contributed by atoms with van der Waals surface area (Å²) in [5.74, 6) is 3.85. The van der Waals surface area contributed by atoms with Crippen molar-refractivity contribution in [3.63, 3.8) is 0 Å². The van der Waals surface area contributed by atoms with Crippen LogP contribution in [0.3, 0.4) is 0 Å². The summed E-state index contributed by atoms with van der Waals surface area (Å²) in [7, 11) is 0. The highest BCUT2D eigenvalue weighted by Gasteiger charge is 2.17. The van der Waals surface area contributed by atoms with Gasteiger partial charge in [0.25, 0.3) is 0 Å². The average Bonchev–Trinajstić information content (AvgIpc) is 2.19. The van der Waals surface area contributed by atoms with Gasteiger partial charge in [0.15, 0.2) is 11.5 Å². The molecule has 0 aromatic carbocycles. The largest absolute Gasteiger partial charge is 0.485 e. The number of pyridine rings is 1. The van der Waals surface area contributed by atoms with E-state index in [0.717, 1.165) is 5.69 Å². The van der Waals surface area contributed by atoms with Crippen LogP contribution in [-0.4, -0.2) is 18.2 Å². The highest BCUT2D eigenvalue weighted by atomic mass is 16.6. The van der Waals surface area contributed by atoms with E-state index < -0.39 is 0 Å². The molecule has 1 aliphatic heterocycles. The normalized spacial score (nSPS) is 13.5. The van der Waals surface area contributed by atoms with Crippen LogP contribution in [0.2, 0.25) is 0 Å². The first-order valence-electron chi connectivity index (χ1n) is 4.04. The lowest BCUT2D eigenvalue weighted by Crippen LogP contribution is -2.17. The Morgan fingerprint density at radius 1 is 1.38 bits per heavy atom. The highest BCUT2D eigenvalue weighted by Crippen LogP contribution is 2.34. The van der Waals surface area contributed by atoms with E-state index in [-0.39, 0.29) is 0 Å². The molecule has 0 fully saturated rings. The topological polar surface area (TPSA) is 31.4 Å². The Hall–Kier alpha value is -1.69. The first-order chi connectivity index (χ1) is 6.33. The molecule has 2 rings (SSSR count). The van der Waals surface area contributed by atoms with Gasteiger partial charge in [0.1, 0.15) is 13.2 Å². The lowest BCUT2D eigenvalue weighted by Gasteiger charge is -2.20. The molecule has 2 heterocycles. The second-order valence-electron chi connectivity index (χ2n) is 2.76. The SMILES string of the molecule is C#Cc1cnc(C)c2c1OCCO2. The average molecular weight is 175 g/mol. The molecule has 0 aliphatic carbocycles. The predicted octanol–water partition coefficient (Wildman–Crippen LogP) is 1.14. The molecule has 0 atom stereocenters. The minimum Gasteiger partial charge on any atom is -0.485 e. The maximum absolute atomic E-state index is 5.42. The molecule has 66 valence electrons. The number of terminal acetylenes is 1. The van der Waals surface area contributed by atoms with Gasteiger partial charge in [0.05, 0.1) is 11.3 Å². The summed E-state index contributed by atoms with van der Waals surface area (Å²) >= 11 is 0. The van der Waals surface area contributed by atoms with Crippen LogP contribution in [-0.2, 0) is 0 Å². The molecule has 1 aromatic rings. The van der Waals surface area contributed by atoms with Crippen LogP contribution in [0.1, 0.15) is 11.3 Å². The smallest absolute Gasteiger partial charge is 0.183 e. The van der Waals surface area contributed by atoms with E-state index in [2.05, 4.69) is 10.9 Å². The molecule has 1 aromatic heterocycles. The van der Waals surface area contributed by atoms with E-state index in [0.29, 0.717) is 30.3 Å². The van der Waals surface area contributed by atoms with E-state index in [1.807, 2.05) is 6.92 Å². The minimum absolute atomic E-state index is 0.547. The van der Waals surface area contributed by atoms with Crippen molar-refractivity contribution < 1.29 is 9.47 Å². The van der Waals surface area contributed by atoms with E-state index in [4.69, 9.17) is 15.9 Å². The van der Waals surface area contributed by atoms with E-state index in [1.54, 1.807) is 6.20 Å². The summed E-state index contributed by atoms with van der Waals surface area (Å²) in [5, 5.41) is 0. The second kappa shape index (κ2) is 2.98. The van der Waals surface area contributed by atoms with E-state index in [1.165, 1.54) is 0 Å². The third-order valence-electron chi connectivity index (χ3n) is 1.90. The van der Waals surface area contributed by atoms with Crippen LogP contribution < -0.4 is 9.47 Å². The van der Waals surface area contributed by atoms with Gasteiger partial charge in [-0.1, -0.05) is 5.92 Å². The van der Waals surface area contributed by atoms with Crippen molar-refractivity contribution in [2.24, 2.45) is 0 Å². The standard InChI is InChI=1S/C10H9NO2/c1-3-8-6-11-7(2)9-10(8)13-5-4-12-9/h1,6H,4-5H2,2H3. The predicted molar refractivity (Wildman–Crippen MR) is 47.9 cm³/mol. The molecule has 3 heteroatoms. The van der Waals surface area contributed by atoms with Gasteiger partial charge in [-0.3, -0.25) is 4.98 Å². The van der Waals surface area contributed by atoms with Gasteiger partial charge in [-0.25, -0.2) is 0 Å². The molecule has 0 N–H and O–H groups in total. The third kappa shape index (κ3) is 1.20. The number of nitrogens with zero attached hydrogens (tertiary/aromatic N) is 1. The Bertz CT molecular complexity index is 379. The lowest BCUT2D eigenvalue weighted by molar-refractivity contribution is 0.169. The Kier molecular flexibility index (Phi) is 1.82. The van der Waals surface area contributed by atoms with Gasteiger partial charge in [-0.2, -0.15) is 0 Å².